The Bertz CT molecular complexity index is 363. The van der Waals surface area contributed by atoms with Crippen LogP contribution in [-0.2, 0) is 0 Å². The summed E-state index contributed by atoms with van der Waals surface area (Å²) >= 11 is 0.627. The second kappa shape index (κ2) is 8.58. The first-order valence-electron chi connectivity index (χ1n) is 7.43. The summed E-state index contributed by atoms with van der Waals surface area (Å²) < 4.78 is 1.53. The molecule has 1 saturated heterocycles. The van der Waals surface area contributed by atoms with E-state index in [0.29, 0.717) is 15.0 Å². The average Bonchev–Trinajstić information content (AvgIpc) is 2.47. The number of hydrogen-bond donors (Lipinski definition) is 1. The quantitative estimate of drug-likeness (QED) is 0.461. The van der Waals surface area contributed by atoms with Crippen LogP contribution in [0.15, 0.2) is 43.0 Å². The maximum absolute atomic E-state index is 3.86. The first-order valence-corrected chi connectivity index (χ1v) is 9.50. The Hall–Kier alpha value is -0.561. The van der Waals surface area contributed by atoms with Gasteiger partial charge in [-0.15, -0.1) is 0 Å². The van der Waals surface area contributed by atoms with Crippen molar-refractivity contribution in [3.63, 3.8) is 0 Å². The maximum atomic E-state index is 3.86. The van der Waals surface area contributed by atoms with E-state index in [0.717, 1.165) is 18.5 Å². The number of unbranched alkanes of at least 4 members (excludes halogenated alkanes) is 1. The summed E-state index contributed by atoms with van der Waals surface area (Å²) in [6, 6.07) is 12.5. The molecule has 1 aromatic rings. The molecule has 0 unspecified atom stereocenters. The second-order valence-electron chi connectivity index (χ2n) is 5.34. The summed E-state index contributed by atoms with van der Waals surface area (Å²) in [6.45, 7) is 3.80. The van der Waals surface area contributed by atoms with E-state index < -0.39 is 0 Å². The van der Waals surface area contributed by atoms with Gasteiger partial charge in [0.1, 0.15) is 0 Å². The van der Waals surface area contributed by atoms with Crippen LogP contribution >= 0.6 is 0 Å². The van der Waals surface area contributed by atoms with E-state index in [4.69, 9.17) is 0 Å². The molecular weight excluding hydrogens is 297 g/mol. The molecule has 19 heavy (non-hydrogen) atoms. The number of hydrogen-bond acceptors (Lipinski definition) is 1. The zero-order chi connectivity index (χ0) is 13.3. The van der Waals surface area contributed by atoms with Crippen molar-refractivity contribution in [1.82, 2.24) is 5.32 Å². The Labute approximate surface area is 124 Å². The molecule has 2 heteroatoms. The Balaban J connectivity index is 1.70. The summed E-state index contributed by atoms with van der Waals surface area (Å²) in [6.07, 6.45) is 9.95. The molecule has 2 rings (SSSR count). The molecule has 104 valence electrons. The van der Waals surface area contributed by atoms with Crippen LogP contribution in [0, 0.1) is 0 Å². The van der Waals surface area contributed by atoms with Gasteiger partial charge in [0.15, 0.2) is 0 Å². The molecule has 2 atom stereocenters. The van der Waals surface area contributed by atoms with Crippen molar-refractivity contribution in [3.8, 4) is 0 Å². The van der Waals surface area contributed by atoms with Gasteiger partial charge in [0, 0.05) is 0 Å². The number of nitrogens with one attached hydrogen (secondary N) is 1. The van der Waals surface area contributed by atoms with E-state index in [9.17, 15) is 0 Å². The monoisotopic (exact) mass is 323 g/mol. The van der Waals surface area contributed by atoms with Crippen LogP contribution in [0.25, 0.3) is 0 Å². The van der Waals surface area contributed by atoms with E-state index in [2.05, 4.69) is 42.2 Å². The minimum atomic E-state index is 0.627. The predicted octanol–water partition coefficient (Wildman–Crippen LogP) is 3.30. The summed E-state index contributed by atoms with van der Waals surface area (Å²) in [4.78, 5) is 0. The van der Waals surface area contributed by atoms with Crippen LogP contribution < -0.4 is 9.78 Å². The topological polar surface area (TPSA) is 12.0 Å². The van der Waals surface area contributed by atoms with E-state index in [1.807, 2.05) is 6.08 Å². The van der Waals surface area contributed by atoms with E-state index in [-0.39, 0.29) is 0 Å². The molecule has 1 nitrogen and oxygen atoms in total. The molecular formula is C17H25NSe. The molecule has 0 bridgehead atoms. The molecule has 1 aliphatic heterocycles. The van der Waals surface area contributed by atoms with E-state index >= 15 is 0 Å². The Morgan fingerprint density at radius 1 is 1.21 bits per heavy atom. The van der Waals surface area contributed by atoms with Crippen LogP contribution in [0.1, 0.15) is 38.5 Å². The van der Waals surface area contributed by atoms with E-state index in [1.165, 1.54) is 41.9 Å². The molecule has 0 aromatic heterocycles. The number of rotatable bonds is 7. The summed E-state index contributed by atoms with van der Waals surface area (Å²) in [5.41, 5.74) is 0. The van der Waals surface area contributed by atoms with E-state index in [1.54, 1.807) is 0 Å². The van der Waals surface area contributed by atoms with Gasteiger partial charge in [0.05, 0.1) is 0 Å². The van der Waals surface area contributed by atoms with Gasteiger partial charge in [-0.2, -0.15) is 0 Å². The fourth-order valence-corrected chi connectivity index (χ4v) is 4.80. The normalized spacial score (nSPS) is 23.2. The van der Waals surface area contributed by atoms with Gasteiger partial charge in [-0.05, 0) is 0 Å². The van der Waals surface area contributed by atoms with Crippen molar-refractivity contribution in [2.24, 2.45) is 0 Å². The minimum absolute atomic E-state index is 0.627. The van der Waals surface area contributed by atoms with Crippen LogP contribution in [0.2, 0.25) is 5.32 Å². The van der Waals surface area contributed by atoms with Gasteiger partial charge in [-0.3, -0.25) is 0 Å². The summed E-state index contributed by atoms with van der Waals surface area (Å²) in [7, 11) is 0. The molecule has 1 heterocycles. The van der Waals surface area contributed by atoms with Crippen molar-refractivity contribution in [2.45, 2.75) is 55.9 Å². The Kier molecular flexibility index (Phi) is 6.70. The average molecular weight is 322 g/mol. The molecule has 0 amide bonds. The number of piperidine rings is 1. The first-order chi connectivity index (χ1) is 9.38. The number of allylic oxidation sites excluding steroid dienone is 1. The van der Waals surface area contributed by atoms with Crippen LogP contribution in [0.3, 0.4) is 0 Å². The standard InChI is InChI=1S/C17H25NSe/c1-2-3-5-9-15-10-8-11-16(18-15)14-19-17-12-6-4-7-13-17/h2,4,6-7,12-13,15-16,18H,1,3,5,8-11,14H2/t15-,16+/m1/s1. The fourth-order valence-electron chi connectivity index (χ4n) is 2.69. The third-order valence-corrected chi connectivity index (χ3v) is 6.20. The second-order valence-corrected chi connectivity index (χ2v) is 7.63. The van der Waals surface area contributed by atoms with Crippen molar-refractivity contribution in [3.05, 3.63) is 43.0 Å². The van der Waals surface area contributed by atoms with Crippen LogP contribution in [0.5, 0.6) is 0 Å². The number of benzene rings is 1. The molecule has 1 aliphatic rings. The van der Waals surface area contributed by atoms with Gasteiger partial charge in [-0.1, -0.05) is 0 Å². The molecule has 1 N–H and O–H groups in total. The fraction of sp³-hybridized carbons (Fsp3) is 0.529. The zero-order valence-corrected chi connectivity index (χ0v) is 13.4. The third-order valence-electron chi connectivity index (χ3n) is 3.73. The predicted molar refractivity (Wildman–Crippen MR) is 85.2 cm³/mol. The van der Waals surface area contributed by atoms with Gasteiger partial charge in [-0.25, -0.2) is 0 Å². The van der Waals surface area contributed by atoms with Crippen molar-refractivity contribution in [1.29, 1.82) is 0 Å². The zero-order valence-electron chi connectivity index (χ0n) is 11.7. The molecule has 0 radical (unpaired) electrons. The molecule has 0 spiro atoms. The summed E-state index contributed by atoms with van der Waals surface area (Å²) in [5.74, 6) is 0. The molecule has 1 fully saturated rings. The van der Waals surface area contributed by atoms with Crippen LogP contribution in [-0.4, -0.2) is 27.0 Å². The van der Waals surface area contributed by atoms with Gasteiger partial charge in [0.25, 0.3) is 0 Å². The van der Waals surface area contributed by atoms with Crippen molar-refractivity contribution >= 4 is 19.4 Å². The Morgan fingerprint density at radius 2 is 2.00 bits per heavy atom. The van der Waals surface area contributed by atoms with Crippen molar-refractivity contribution < 1.29 is 0 Å². The molecule has 1 aromatic carbocycles. The molecule has 0 saturated carbocycles. The molecule has 0 aliphatic carbocycles. The SMILES string of the molecule is C=CCCC[C@@H]1CCC[C@@H](C[Se]c2ccccc2)N1. The van der Waals surface area contributed by atoms with Gasteiger partial charge < -0.3 is 0 Å². The van der Waals surface area contributed by atoms with Crippen LogP contribution in [0.4, 0.5) is 0 Å². The first kappa shape index (κ1) is 14.8. The van der Waals surface area contributed by atoms with Gasteiger partial charge in [0.2, 0.25) is 0 Å². The summed E-state index contributed by atoms with van der Waals surface area (Å²) in [5, 5.41) is 5.21. The van der Waals surface area contributed by atoms with Gasteiger partial charge >= 0.3 is 124 Å². The Morgan fingerprint density at radius 3 is 2.79 bits per heavy atom. The third kappa shape index (κ3) is 5.52. The van der Waals surface area contributed by atoms with Crippen molar-refractivity contribution in [2.75, 3.05) is 0 Å².